The molecule has 0 bridgehead atoms. The number of piperazine rings is 1. The van der Waals surface area contributed by atoms with Crippen molar-refractivity contribution >= 4 is 5.69 Å². The van der Waals surface area contributed by atoms with Crippen LogP contribution >= 0.6 is 0 Å². The van der Waals surface area contributed by atoms with Crippen LogP contribution in [0.1, 0.15) is 18.1 Å². The zero-order chi connectivity index (χ0) is 14.9. The molecule has 20 heavy (non-hydrogen) atoms. The first-order valence-electron chi connectivity index (χ1n) is 6.39. The van der Waals surface area contributed by atoms with Crippen LogP contribution < -0.4 is 4.90 Å². The van der Waals surface area contributed by atoms with Crippen molar-refractivity contribution in [2.75, 3.05) is 31.6 Å². The molecule has 1 heterocycles. The molecule has 1 fully saturated rings. The van der Waals surface area contributed by atoms with Gasteiger partial charge in [0.15, 0.2) is 0 Å². The highest BCUT2D eigenvalue weighted by molar-refractivity contribution is 5.56. The minimum Gasteiger partial charge on any atom is -0.366 e. The number of nitrogens with zero attached hydrogens (tertiary/aromatic N) is 3. The molecular weight excluding hydrogens is 267 g/mol. The first kappa shape index (κ1) is 14.7. The number of benzene rings is 1. The molecule has 0 spiro atoms. The van der Waals surface area contributed by atoms with Crippen LogP contribution in [0.5, 0.6) is 0 Å². The number of hydrogen-bond acceptors (Lipinski definition) is 3. The predicted molar refractivity (Wildman–Crippen MR) is 70.5 cm³/mol. The predicted octanol–water partition coefficient (Wildman–Crippen LogP) is 2.72. The molecule has 0 amide bonds. The Kier molecular flexibility index (Phi) is 3.91. The maximum Gasteiger partial charge on any atom is 0.417 e. The second-order valence-electron chi connectivity index (χ2n) is 5.14. The number of anilines is 1. The number of rotatable bonds is 1. The summed E-state index contributed by atoms with van der Waals surface area (Å²) in [6.07, 6.45) is -4.49. The molecule has 1 unspecified atom stereocenters. The standard InChI is InChI=1S/C14H16F3N3/c1-10-9-19(2)5-6-20(10)12-3-4-13(14(15,16)17)11(7-12)8-18/h3-4,7,10H,5-6,9H2,1-2H3. The molecule has 1 saturated heterocycles. The summed E-state index contributed by atoms with van der Waals surface area (Å²) in [6, 6.07) is 5.64. The zero-order valence-corrected chi connectivity index (χ0v) is 11.4. The molecule has 0 aromatic heterocycles. The molecule has 1 aliphatic heterocycles. The highest BCUT2D eigenvalue weighted by Gasteiger charge is 2.34. The molecule has 0 saturated carbocycles. The summed E-state index contributed by atoms with van der Waals surface area (Å²) in [6.45, 7) is 4.48. The van der Waals surface area contributed by atoms with Crippen LogP contribution in [0.15, 0.2) is 18.2 Å². The SMILES string of the molecule is CC1CN(C)CCN1c1ccc(C(F)(F)F)c(C#N)c1. The average molecular weight is 283 g/mol. The van der Waals surface area contributed by atoms with Gasteiger partial charge in [-0.3, -0.25) is 0 Å². The summed E-state index contributed by atoms with van der Waals surface area (Å²) in [7, 11) is 2.02. The van der Waals surface area contributed by atoms with Crippen LogP contribution in [-0.4, -0.2) is 37.6 Å². The quantitative estimate of drug-likeness (QED) is 0.794. The van der Waals surface area contributed by atoms with E-state index in [4.69, 9.17) is 5.26 Å². The molecular formula is C14H16F3N3. The van der Waals surface area contributed by atoms with E-state index in [2.05, 4.69) is 4.90 Å². The van der Waals surface area contributed by atoms with Crippen LogP contribution in [0.4, 0.5) is 18.9 Å². The van der Waals surface area contributed by atoms with Crippen LogP contribution in [0.25, 0.3) is 0 Å². The normalized spacial score (nSPS) is 20.8. The van der Waals surface area contributed by atoms with Gasteiger partial charge in [-0.15, -0.1) is 0 Å². The maximum absolute atomic E-state index is 12.8. The van der Waals surface area contributed by atoms with Gasteiger partial charge in [0.1, 0.15) is 0 Å². The van der Waals surface area contributed by atoms with Crippen molar-refractivity contribution < 1.29 is 13.2 Å². The number of halogens is 3. The summed E-state index contributed by atoms with van der Waals surface area (Å²) in [4.78, 5) is 4.22. The summed E-state index contributed by atoms with van der Waals surface area (Å²) in [5.41, 5.74) is -0.512. The van der Waals surface area contributed by atoms with E-state index in [1.54, 1.807) is 6.07 Å². The van der Waals surface area contributed by atoms with E-state index in [1.165, 1.54) is 12.1 Å². The molecule has 0 N–H and O–H groups in total. The largest absolute Gasteiger partial charge is 0.417 e. The summed E-state index contributed by atoms with van der Waals surface area (Å²) in [5, 5.41) is 8.94. The third-order valence-corrected chi connectivity index (χ3v) is 3.59. The summed E-state index contributed by atoms with van der Waals surface area (Å²) < 4.78 is 38.3. The lowest BCUT2D eigenvalue weighted by molar-refractivity contribution is -0.137. The van der Waals surface area contributed by atoms with Gasteiger partial charge in [-0.25, -0.2) is 0 Å². The zero-order valence-electron chi connectivity index (χ0n) is 11.4. The van der Waals surface area contributed by atoms with Crippen molar-refractivity contribution in [2.24, 2.45) is 0 Å². The fraction of sp³-hybridized carbons (Fsp3) is 0.500. The number of alkyl halides is 3. The Hall–Kier alpha value is -1.74. The fourth-order valence-corrected chi connectivity index (χ4v) is 2.57. The smallest absolute Gasteiger partial charge is 0.366 e. The van der Waals surface area contributed by atoms with Crippen molar-refractivity contribution in [1.29, 1.82) is 5.26 Å². The molecule has 1 aromatic carbocycles. The average Bonchev–Trinajstić information content (AvgIpc) is 2.37. The van der Waals surface area contributed by atoms with Gasteiger partial charge < -0.3 is 9.80 Å². The number of nitriles is 1. The van der Waals surface area contributed by atoms with E-state index in [0.29, 0.717) is 5.69 Å². The molecule has 108 valence electrons. The Morgan fingerprint density at radius 2 is 2.00 bits per heavy atom. The van der Waals surface area contributed by atoms with Gasteiger partial charge in [0, 0.05) is 31.4 Å². The van der Waals surface area contributed by atoms with Gasteiger partial charge >= 0.3 is 6.18 Å². The fourth-order valence-electron chi connectivity index (χ4n) is 2.57. The molecule has 3 nitrogen and oxygen atoms in total. The first-order chi connectivity index (χ1) is 9.32. The summed E-state index contributed by atoms with van der Waals surface area (Å²) in [5.74, 6) is 0. The van der Waals surface area contributed by atoms with E-state index in [1.807, 2.05) is 18.9 Å². The monoisotopic (exact) mass is 283 g/mol. The number of likely N-dealkylation sites (N-methyl/N-ethyl adjacent to an activating group) is 1. The Balaban J connectivity index is 2.33. The highest BCUT2D eigenvalue weighted by Crippen LogP contribution is 2.34. The van der Waals surface area contributed by atoms with E-state index < -0.39 is 11.7 Å². The Bertz CT molecular complexity index is 533. The summed E-state index contributed by atoms with van der Waals surface area (Å²) >= 11 is 0. The molecule has 1 atom stereocenters. The third-order valence-electron chi connectivity index (χ3n) is 3.59. The maximum atomic E-state index is 12.8. The topological polar surface area (TPSA) is 30.3 Å². The van der Waals surface area contributed by atoms with Crippen molar-refractivity contribution in [3.63, 3.8) is 0 Å². The van der Waals surface area contributed by atoms with E-state index in [-0.39, 0.29) is 11.6 Å². The Morgan fingerprint density at radius 3 is 2.55 bits per heavy atom. The van der Waals surface area contributed by atoms with Crippen LogP contribution in [0.3, 0.4) is 0 Å². The van der Waals surface area contributed by atoms with Crippen LogP contribution in [0.2, 0.25) is 0 Å². The molecule has 6 heteroatoms. The molecule has 0 radical (unpaired) electrons. The van der Waals surface area contributed by atoms with Gasteiger partial charge in [-0.2, -0.15) is 18.4 Å². The van der Waals surface area contributed by atoms with Gasteiger partial charge in [0.2, 0.25) is 0 Å². The first-order valence-corrected chi connectivity index (χ1v) is 6.39. The highest BCUT2D eigenvalue weighted by atomic mass is 19.4. The Morgan fingerprint density at radius 1 is 1.30 bits per heavy atom. The lowest BCUT2D eigenvalue weighted by atomic mass is 10.0. The second-order valence-corrected chi connectivity index (χ2v) is 5.14. The van der Waals surface area contributed by atoms with E-state index in [0.717, 1.165) is 25.7 Å². The number of hydrogen-bond donors (Lipinski definition) is 0. The lowest BCUT2D eigenvalue weighted by Gasteiger charge is -2.40. The van der Waals surface area contributed by atoms with Crippen molar-refractivity contribution in [2.45, 2.75) is 19.1 Å². The molecule has 2 rings (SSSR count). The van der Waals surface area contributed by atoms with Gasteiger partial charge in [-0.1, -0.05) is 0 Å². The molecule has 0 aliphatic carbocycles. The molecule has 1 aromatic rings. The van der Waals surface area contributed by atoms with Crippen LogP contribution in [0, 0.1) is 11.3 Å². The van der Waals surface area contributed by atoms with Crippen molar-refractivity contribution in [1.82, 2.24) is 4.90 Å². The van der Waals surface area contributed by atoms with Gasteiger partial charge in [0.05, 0.1) is 17.2 Å². The van der Waals surface area contributed by atoms with E-state index in [9.17, 15) is 13.2 Å². The Labute approximate surface area is 116 Å². The third kappa shape index (κ3) is 2.88. The lowest BCUT2D eigenvalue weighted by Crippen LogP contribution is -2.50. The second kappa shape index (κ2) is 5.33. The van der Waals surface area contributed by atoms with Gasteiger partial charge in [-0.05, 0) is 32.2 Å². The van der Waals surface area contributed by atoms with E-state index >= 15 is 0 Å². The van der Waals surface area contributed by atoms with Crippen molar-refractivity contribution in [3.05, 3.63) is 29.3 Å². The molecule has 1 aliphatic rings. The van der Waals surface area contributed by atoms with Crippen LogP contribution in [-0.2, 0) is 6.18 Å². The van der Waals surface area contributed by atoms with Crippen molar-refractivity contribution in [3.8, 4) is 6.07 Å². The minimum absolute atomic E-state index is 0.206. The van der Waals surface area contributed by atoms with Gasteiger partial charge in [0.25, 0.3) is 0 Å². The minimum atomic E-state index is -4.49.